The molecule has 2 aromatic heterocycles. The minimum atomic E-state index is -1.47. The summed E-state index contributed by atoms with van der Waals surface area (Å²) in [4.78, 5) is 17.2. The molecule has 1 aliphatic rings. The van der Waals surface area contributed by atoms with Gasteiger partial charge in [-0.3, -0.25) is 4.79 Å². The van der Waals surface area contributed by atoms with Crippen molar-refractivity contribution in [2.24, 2.45) is 14.1 Å². The molecule has 0 fully saturated rings. The minimum absolute atomic E-state index is 0.0738. The van der Waals surface area contributed by atoms with Gasteiger partial charge in [0.05, 0.1) is 23.7 Å². The Morgan fingerprint density at radius 1 is 0.971 bits per heavy atom. The standard InChI is InChI=1S/C29H24ClN3O2/c1-32-17-31-16-27(32)29(35)21-8-10-25(30)20(13-21)7-6-18-4-3-5-19(12-18)23-15-28(34)33(2)26-11-9-22(29)14-24(23)26/h3-5,8-17,35H,6-7H2,1-2H3. The summed E-state index contributed by atoms with van der Waals surface area (Å²) >= 11 is 6.61. The van der Waals surface area contributed by atoms with E-state index in [0.717, 1.165) is 51.6 Å². The highest BCUT2D eigenvalue weighted by Gasteiger charge is 2.37. The first-order chi connectivity index (χ1) is 16.9. The van der Waals surface area contributed by atoms with Crippen LogP contribution >= 0.6 is 11.6 Å². The van der Waals surface area contributed by atoms with Crippen molar-refractivity contribution in [3.63, 3.8) is 0 Å². The summed E-state index contributed by atoms with van der Waals surface area (Å²) in [7, 11) is 3.65. The SMILES string of the molecule is Cn1cncc1C1(O)c2ccc(Cl)c(c2)CCc2cccc(c2)-c2cc(=O)n(C)c3ccc1cc23. The quantitative estimate of drug-likeness (QED) is 0.367. The molecule has 1 aliphatic carbocycles. The molecule has 0 radical (unpaired) electrons. The predicted molar refractivity (Wildman–Crippen MR) is 139 cm³/mol. The van der Waals surface area contributed by atoms with Crippen molar-refractivity contribution >= 4 is 22.5 Å². The van der Waals surface area contributed by atoms with Crippen LogP contribution < -0.4 is 5.56 Å². The first-order valence-corrected chi connectivity index (χ1v) is 12.0. The van der Waals surface area contributed by atoms with Gasteiger partial charge in [0.25, 0.3) is 5.56 Å². The number of nitrogens with zero attached hydrogens (tertiary/aromatic N) is 3. The lowest BCUT2D eigenvalue weighted by Gasteiger charge is -2.31. The van der Waals surface area contributed by atoms with Crippen molar-refractivity contribution in [2.45, 2.75) is 18.4 Å². The van der Waals surface area contributed by atoms with Crippen molar-refractivity contribution in [1.29, 1.82) is 0 Å². The summed E-state index contributed by atoms with van der Waals surface area (Å²) in [5, 5.41) is 14.1. The first-order valence-electron chi connectivity index (χ1n) is 11.6. The highest BCUT2D eigenvalue weighted by Crippen LogP contribution is 2.40. The summed E-state index contributed by atoms with van der Waals surface area (Å²) in [5.74, 6) is 0. The number of aryl methyl sites for hydroxylation is 4. The number of fused-ring (bicyclic) bond motifs is 6. The molecular formula is C29H24ClN3O2. The molecule has 6 bridgehead atoms. The van der Waals surface area contributed by atoms with E-state index in [1.807, 2.05) is 60.1 Å². The Bertz CT molecular complexity index is 1680. The second-order valence-electron chi connectivity index (χ2n) is 9.29. The van der Waals surface area contributed by atoms with Crippen molar-refractivity contribution in [3.05, 3.63) is 123 Å². The van der Waals surface area contributed by atoms with Gasteiger partial charge in [-0.2, -0.15) is 0 Å². The van der Waals surface area contributed by atoms with E-state index in [4.69, 9.17) is 11.6 Å². The maximum atomic E-state index is 12.9. The van der Waals surface area contributed by atoms with Gasteiger partial charge in [-0.25, -0.2) is 4.98 Å². The van der Waals surface area contributed by atoms with Gasteiger partial charge in [0.2, 0.25) is 0 Å². The molecule has 1 unspecified atom stereocenters. The average molecular weight is 482 g/mol. The van der Waals surface area contributed by atoms with Gasteiger partial charge in [-0.1, -0.05) is 54.1 Å². The number of aliphatic hydroxyl groups is 1. The molecule has 1 N–H and O–H groups in total. The zero-order valence-corrected chi connectivity index (χ0v) is 20.3. The molecule has 35 heavy (non-hydrogen) atoms. The van der Waals surface area contributed by atoms with Crippen LogP contribution in [-0.2, 0) is 32.5 Å². The molecule has 0 saturated carbocycles. The van der Waals surface area contributed by atoms with Crippen LogP contribution in [0.25, 0.3) is 22.0 Å². The van der Waals surface area contributed by atoms with Crippen molar-refractivity contribution in [3.8, 4) is 11.1 Å². The van der Waals surface area contributed by atoms with Gasteiger partial charge in [0.15, 0.2) is 5.60 Å². The number of aromatic nitrogens is 3. The number of hydrogen-bond donors (Lipinski definition) is 1. The molecule has 0 saturated heterocycles. The molecule has 1 atom stereocenters. The van der Waals surface area contributed by atoms with Gasteiger partial charge >= 0.3 is 0 Å². The fourth-order valence-corrected chi connectivity index (χ4v) is 5.47. The Morgan fingerprint density at radius 3 is 2.57 bits per heavy atom. The lowest BCUT2D eigenvalue weighted by Crippen LogP contribution is -2.31. The second kappa shape index (κ2) is 7.94. The van der Waals surface area contributed by atoms with Crippen molar-refractivity contribution in [1.82, 2.24) is 14.1 Å². The largest absolute Gasteiger partial charge is 0.374 e. The zero-order chi connectivity index (χ0) is 24.3. The maximum Gasteiger partial charge on any atom is 0.251 e. The van der Waals surface area contributed by atoms with Crippen molar-refractivity contribution in [2.75, 3.05) is 0 Å². The lowest BCUT2D eigenvalue weighted by molar-refractivity contribution is 0.117. The third kappa shape index (κ3) is 3.34. The van der Waals surface area contributed by atoms with Gasteiger partial charge in [-0.05, 0) is 64.4 Å². The minimum Gasteiger partial charge on any atom is -0.374 e. The Labute approximate surface area is 207 Å². The monoisotopic (exact) mass is 481 g/mol. The van der Waals surface area contributed by atoms with Crippen LogP contribution in [0, 0.1) is 0 Å². The fraction of sp³-hybridized carbons (Fsp3) is 0.172. The Hall–Kier alpha value is -3.67. The van der Waals surface area contributed by atoms with E-state index in [9.17, 15) is 9.90 Å². The molecule has 174 valence electrons. The molecule has 5 nitrogen and oxygen atoms in total. The first kappa shape index (κ1) is 21.8. The molecule has 0 amide bonds. The number of benzene rings is 3. The maximum absolute atomic E-state index is 12.9. The van der Waals surface area contributed by atoms with E-state index in [-0.39, 0.29) is 5.56 Å². The van der Waals surface area contributed by atoms with Crippen LogP contribution in [0.15, 0.2) is 84.0 Å². The average Bonchev–Trinajstić information content (AvgIpc) is 3.31. The summed E-state index contributed by atoms with van der Waals surface area (Å²) in [6, 6.07) is 21.5. The zero-order valence-electron chi connectivity index (χ0n) is 19.5. The molecule has 6 rings (SSSR count). The van der Waals surface area contributed by atoms with E-state index in [1.165, 1.54) is 0 Å². The predicted octanol–water partition coefficient (Wildman–Crippen LogP) is 4.98. The Kier molecular flexibility index (Phi) is 4.95. The third-order valence-corrected chi connectivity index (χ3v) is 7.60. The molecule has 0 aliphatic heterocycles. The number of hydrogen-bond acceptors (Lipinski definition) is 3. The summed E-state index contributed by atoms with van der Waals surface area (Å²) in [6.45, 7) is 0. The van der Waals surface area contributed by atoms with Gasteiger partial charge in [0.1, 0.15) is 0 Å². The topological polar surface area (TPSA) is 60.0 Å². The molecule has 5 aromatic rings. The van der Waals surface area contributed by atoms with Crippen LogP contribution in [-0.4, -0.2) is 19.2 Å². The van der Waals surface area contributed by atoms with E-state index < -0.39 is 5.60 Å². The molecular weight excluding hydrogens is 458 g/mol. The summed E-state index contributed by atoms with van der Waals surface area (Å²) in [6.07, 6.45) is 4.89. The van der Waals surface area contributed by atoms with E-state index in [0.29, 0.717) is 16.3 Å². The fourth-order valence-electron chi connectivity index (χ4n) is 5.26. The van der Waals surface area contributed by atoms with Crippen LogP contribution in [0.5, 0.6) is 0 Å². The van der Waals surface area contributed by atoms with Crippen molar-refractivity contribution < 1.29 is 5.11 Å². The van der Waals surface area contributed by atoms with Gasteiger partial charge in [0, 0.05) is 30.6 Å². The molecule has 0 spiro atoms. The van der Waals surface area contributed by atoms with Crippen LogP contribution in [0.2, 0.25) is 5.02 Å². The number of imidazole rings is 1. The summed E-state index contributed by atoms with van der Waals surface area (Å²) in [5.41, 5.74) is 5.28. The van der Waals surface area contributed by atoms with E-state index in [2.05, 4.69) is 17.1 Å². The Morgan fingerprint density at radius 2 is 1.77 bits per heavy atom. The van der Waals surface area contributed by atoms with Gasteiger partial charge in [-0.15, -0.1) is 0 Å². The highest BCUT2D eigenvalue weighted by molar-refractivity contribution is 6.31. The smallest absolute Gasteiger partial charge is 0.251 e. The lowest BCUT2D eigenvalue weighted by atomic mass is 9.81. The van der Waals surface area contributed by atoms with Crippen LogP contribution in [0.1, 0.15) is 27.9 Å². The normalized spacial score (nSPS) is 17.1. The molecule has 3 aromatic carbocycles. The number of pyridine rings is 1. The van der Waals surface area contributed by atoms with Crippen LogP contribution in [0.4, 0.5) is 0 Å². The van der Waals surface area contributed by atoms with E-state index >= 15 is 0 Å². The summed E-state index contributed by atoms with van der Waals surface area (Å²) < 4.78 is 3.48. The van der Waals surface area contributed by atoms with E-state index in [1.54, 1.807) is 30.2 Å². The van der Waals surface area contributed by atoms with Gasteiger partial charge < -0.3 is 14.2 Å². The third-order valence-electron chi connectivity index (χ3n) is 7.24. The number of rotatable bonds is 1. The highest BCUT2D eigenvalue weighted by atomic mass is 35.5. The number of halogens is 1. The second-order valence-corrected chi connectivity index (χ2v) is 9.70. The molecule has 2 heterocycles. The Balaban J connectivity index is 1.77. The molecule has 6 heteroatoms. The van der Waals surface area contributed by atoms with Crippen LogP contribution in [0.3, 0.4) is 0 Å².